The Balaban J connectivity index is 1.47. The van der Waals surface area contributed by atoms with E-state index in [0.29, 0.717) is 48.4 Å². The van der Waals surface area contributed by atoms with Crippen molar-refractivity contribution in [2.24, 2.45) is 0 Å². The van der Waals surface area contributed by atoms with Crippen LogP contribution in [-0.2, 0) is 37.7 Å². The third-order valence-corrected chi connectivity index (χ3v) is 17.9. The van der Waals surface area contributed by atoms with Gasteiger partial charge in [0.25, 0.3) is 13.9 Å². The molecule has 1 fully saturated rings. The van der Waals surface area contributed by atoms with Crippen LogP contribution in [0.2, 0.25) is 5.04 Å². The van der Waals surface area contributed by atoms with Crippen molar-refractivity contribution in [1.82, 2.24) is 9.13 Å². The molecule has 0 bridgehead atoms. The number of nitrogens with zero attached hydrogens (tertiary/aromatic N) is 2. The number of carbonyl (C=O) groups excluding carboxylic acids is 1. The van der Waals surface area contributed by atoms with Gasteiger partial charge in [0.05, 0.1) is 34.5 Å². The van der Waals surface area contributed by atoms with Crippen molar-refractivity contribution >= 4 is 62.0 Å². The average Bonchev–Trinajstić information content (AvgIpc) is 3.48. The highest BCUT2D eigenvalue weighted by Crippen LogP contribution is 2.41. The van der Waals surface area contributed by atoms with Gasteiger partial charge >= 0.3 is 5.69 Å². The van der Waals surface area contributed by atoms with Crippen LogP contribution in [-0.4, -0.2) is 53.5 Å². The number of hydrogen-bond donors (Lipinski definition) is 1. The molecule has 2 aromatic heterocycles. The fraction of sp³-hybridized carbons (Fsp3) is 0.432. The van der Waals surface area contributed by atoms with E-state index in [9.17, 15) is 14.4 Å². The highest BCUT2D eigenvalue weighted by Gasteiger charge is 2.52. The van der Waals surface area contributed by atoms with Crippen LogP contribution < -0.4 is 21.6 Å². The second kappa shape index (κ2) is 17.2. The van der Waals surface area contributed by atoms with Crippen molar-refractivity contribution in [3.8, 4) is 0 Å². The summed E-state index contributed by atoms with van der Waals surface area (Å²) in [6, 6.07) is 27.0. The van der Waals surface area contributed by atoms with Gasteiger partial charge < -0.3 is 19.0 Å². The largest absolute Gasteiger partial charge is 0.424 e. The molecule has 0 aliphatic carbocycles. The van der Waals surface area contributed by atoms with E-state index in [1.807, 2.05) is 120 Å². The molecule has 1 saturated heterocycles. The maximum Gasteiger partial charge on any atom is 0.333 e. The number of rotatable bonds is 15. The van der Waals surface area contributed by atoms with Crippen molar-refractivity contribution < 1.29 is 23.8 Å². The van der Waals surface area contributed by atoms with Gasteiger partial charge in [-0.15, -0.1) is 11.3 Å². The SMILES string of the molecule is Cc1c(Br)sc2c1c(=O)n(C(C)(C)C(=O)CC(C)(C)[Si](O)(c1ccccc1)c1ccccc1)c(=O)n2C[C@H](OC1CCOCC1)c1ccccc1COC(C)C. The number of ether oxygens (including phenoxy) is 3. The standard InChI is InChI=1S/C44H53BrN2O7SSi/c1-29(2)53-28-31-16-14-15-21-35(31)36(54-32-22-24-52-25-23-32)27-46-41-38(30(3)39(45)55-41)40(49)47(42(46)50)44(6,7)37(48)26-43(4,5)56(51,33-17-10-8-11-18-33)34-19-12-9-13-20-34/h8-21,29,32,36,51H,22-28H2,1-7H3/t36-/m0/s1. The quantitative estimate of drug-likeness (QED) is 0.110. The van der Waals surface area contributed by atoms with Crippen molar-refractivity contribution in [3.63, 3.8) is 0 Å². The van der Waals surface area contributed by atoms with Gasteiger partial charge in [0.1, 0.15) is 16.5 Å². The van der Waals surface area contributed by atoms with Crippen LogP contribution in [0.3, 0.4) is 0 Å². The summed E-state index contributed by atoms with van der Waals surface area (Å²) < 4.78 is 22.0. The molecule has 0 unspecified atom stereocenters. The van der Waals surface area contributed by atoms with Gasteiger partial charge in [-0.2, -0.15) is 0 Å². The maximum atomic E-state index is 15.1. The van der Waals surface area contributed by atoms with E-state index < -0.39 is 36.2 Å². The van der Waals surface area contributed by atoms with E-state index in [1.54, 1.807) is 18.4 Å². The van der Waals surface area contributed by atoms with Gasteiger partial charge in [-0.3, -0.25) is 14.2 Å². The number of thiophene rings is 1. The topological polar surface area (TPSA) is 109 Å². The van der Waals surface area contributed by atoms with Crippen LogP contribution in [0.15, 0.2) is 98.3 Å². The van der Waals surface area contributed by atoms with E-state index in [0.717, 1.165) is 29.9 Å². The molecule has 6 rings (SSSR count). The molecule has 1 atom stereocenters. The van der Waals surface area contributed by atoms with Crippen LogP contribution in [0.5, 0.6) is 0 Å². The van der Waals surface area contributed by atoms with E-state index in [-0.39, 0.29) is 31.0 Å². The van der Waals surface area contributed by atoms with Gasteiger partial charge in [-0.25, -0.2) is 9.36 Å². The van der Waals surface area contributed by atoms with Crippen molar-refractivity contribution in [2.45, 2.75) is 110 Å². The molecular weight excluding hydrogens is 809 g/mol. The molecule has 1 N–H and O–H groups in total. The van der Waals surface area contributed by atoms with E-state index >= 15 is 4.79 Å². The number of carbonyl (C=O) groups is 1. The molecule has 9 nitrogen and oxygen atoms in total. The van der Waals surface area contributed by atoms with Gasteiger partial charge in [0.2, 0.25) is 0 Å². The summed E-state index contributed by atoms with van der Waals surface area (Å²) in [6.07, 6.45) is 0.689. The zero-order valence-electron chi connectivity index (χ0n) is 33.3. The minimum absolute atomic E-state index is 0.0129. The van der Waals surface area contributed by atoms with Crippen LogP contribution in [0.25, 0.3) is 10.2 Å². The highest BCUT2D eigenvalue weighted by atomic mass is 79.9. The summed E-state index contributed by atoms with van der Waals surface area (Å²) in [5.41, 5.74) is -0.154. The Labute approximate surface area is 342 Å². The number of Topliss-reactive ketones (excluding diaryl/α,β-unsaturated/α-hetero) is 1. The highest BCUT2D eigenvalue weighted by molar-refractivity contribution is 9.11. The summed E-state index contributed by atoms with van der Waals surface area (Å²) in [6.45, 7) is 14.6. The Morgan fingerprint density at radius 3 is 2.11 bits per heavy atom. The zero-order valence-corrected chi connectivity index (χ0v) is 36.7. The first-order valence-electron chi connectivity index (χ1n) is 19.3. The molecule has 3 aromatic carbocycles. The van der Waals surface area contributed by atoms with E-state index in [4.69, 9.17) is 14.2 Å². The summed E-state index contributed by atoms with van der Waals surface area (Å²) in [4.78, 5) is 57.9. The molecule has 1 aliphatic rings. The molecule has 1 aliphatic heterocycles. The maximum absolute atomic E-state index is 15.1. The zero-order chi connectivity index (χ0) is 40.4. The number of benzene rings is 3. The van der Waals surface area contributed by atoms with E-state index in [2.05, 4.69) is 15.9 Å². The monoisotopic (exact) mass is 860 g/mol. The van der Waals surface area contributed by atoms with Crippen LogP contribution in [0.4, 0.5) is 0 Å². The normalized spacial score (nSPS) is 15.1. The second-order valence-electron chi connectivity index (χ2n) is 16.2. The van der Waals surface area contributed by atoms with Crippen LogP contribution >= 0.6 is 27.3 Å². The molecule has 0 saturated carbocycles. The van der Waals surface area contributed by atoms with Crippen molar-refractivity contribution in [2.75, 3.05) is 13.2 Å². The molecule has 298 valence electrons. The molecule has 0 radical (unpaired) electrons. The Morgan fingerprint density at radius 2 is 1.52 bits per heavy atom. The summed E-state index contributed by atoms with van der Waals surface area (Å²) in [7, 11) is -3.59. The predicted octanol–water partition coefficient (Wildman–Crippen LogP) is 7.38. The second-order valence-corrected chi connectivity index (χ2v) is 22.4. The Morgan fingerprint density at radius 1 is 0.946 bits per heavy atom. The molecule has 0 amide bonds. The van der Waals surface area contributed by atoms with Crippen molar-refractivity contribution in [3.05, 3.63) is 126 Å². The molecule has 56 heavy (non-hydrogen) atoms. The first-order valence-corrected chi connectivity index (χ1v) is 22.9. The number of hydrogen-bond acceptors (Lipinski definition) is 8. The van der Waals surface area contributed by atoms with Crippen LogP contribution in [0.1, 0.15) is 83.6 Å². The minimum Gasteiger partial charge on any atom is -0.424 e. The lowest BCUT2D eigenvalue weighted by molar-refractivity contribution is -0.127. The smallest absolute Gasteiger partial charge is 0.333 e. The Hall–Kier alpha value is -3.49. The summed E-state index contributed by atoms with van der Waals surface area (Å²) >= 11 is 4.98. The third kappa shape index (κ3) is 8.25. The number of ketones is 1. The van der Waals surface area contributed by atoms with Gasteiger partial charge in [-0.1, -0.05) is 98.8 Å². The Kier molecular flexibility index (Phi) is 12.9. The first kappa shape index (κ1) is 42.1. The van der Waals surface area contributed by atoms with Gasteiger partial charge in [-0.05, 0) is 95.5 Å². The lowest BCUT2D eigenvalue weighted by atomic mass is 9.91. The van der Waals surface area contributed by atoms with E-state index in [1.165, 1.54) is 11.3 Å². The number of fused-ring (bicyclic) bond motifs is 1. The van der Waals surface area contributed by atoms with Crippen molar-refractivity contribution in [1.29, 1.82) is 0 Å². The molecule has 0 spiro atoms. The molecule has 5 aromatic rings. The number of aryl methyl sites for hydroxylation is 1. The lowest BCUT2D eigenvalue weighted by Gasteiger charge is -2.42. The minimum atomic E-state index is -3.59. The third-order valence-electron chi connectivity index (χ3n) is 11.2. The first-order chi connectivity index (χ1) is 26.6. The number of halogens is 1. The molecule has 3 heterocycles. The lowest BCUT2D eigenvalue weighted by Crippen LogP contribution is -2.66. The van der Waals surface area contributed by atoms with Gasteiger partial charge in [0.15, 0.2) is 5.78 Å². The molecule has 12 heteroatoms. The average molecular weight is 862 g/mol. The van der Waals surface area contributed by atoms with Crippen LogP contribution in [0, 0.1) is 6.92 Å². The fourth-order valence-corrected chi connectivity index (χ4v) is 13.2. The fourth-order valence-electron chi connectivity index (χ4n) is 7.81. The molecular formula is C44H53BrN2O7SSi. The number of aromatic nitrogens is 2. The summed E-state index contributed by atoms with van der Waals surface area (Å²) in [5.74, 6) is -0.330. The predicted molar refractivity (Wildman–Crippen MR) is 230 cm³/mol. The Bertz CT molecular complexity index is 2240. The van der Waals surface area contributed by atoms with Gasteiger partial charge in [0, 0.05) is 19.6 Å². The summed E-state index contributed by atoms with van der Waals surface area (Å²) in [5, 5.41) is 0.984.